The Hall–Kier alpha value is -1.95. The van der Waals surface area contributed by atoms with Crippen LogP contribution in [-0.2, 0) is 20.7 Å². The highest BCUT2D eigenvalue weighted by molar-refractivity contribution is 5.87. The lowest BCUT2D eigenvalue weighted by Crippen LogP contribution is -2.56. The molecule has 0 bridgehead atoms. The summed E-state index contributed by atoms with van der Waals surface area (Å²) in [6, 6.07) is 5.98. The quantitative estimate of drug-likeness (QED) is 0.801. The number of methoxy groups -OCH3 is 1. The first-order chi connectivity index (χ1) is 9.78. The van der Waals surface area contributed by atoms with Crippen LogP contribution < -0.4 is 5.32 Å². The van der Waals surface area contributed by atoms with Crippen LogP contribution in [-0.4, -0.2) is 36.2 Å². The molecule has 1 aromatic rings. The molecular weight excluding hydrogens is 277 g/mol. The molecule has 0 aromatic heterocycles. The molecule has 2 N–H and O–H groups in total. The number of nitrogens with one attached hydrogen (secondary N) is 1. The Morgan fingerprint density at radius 1 is 1.48 bits per heavy atom. The predicted molar refractivity (Wildman–Crippen MR) is 75.3 cm³/mol. The van der Waals surface area contributed by atoms with Crippen molar-refractivity contribution >= 4 is 11.9 Å². The second-order valence-corrected chi connectivity index (χ2v) is 5.29. The summed E-state index contributed by atoms with van der Waals surface area (Å²) in [5.74, 6) is -2.44. The van der Waals surface area contributed by atoms with Crippen molar-refractivity contribution in [3.63, 3.8) is 0 Å². The molecule has 0 aliphatic rings. The SMILES string of the molecule is COCC(C)(NC(=O)C(C)Cc1cccc(F)c1)C(=O)O. The average Bonchev–Trinajstić information content (AvgIpc) is 2.38. The number of aliphatic carboxylic acids is 1. The molecule has 1 amide bonds. The summed E-state index contributed by atoms with van der Waals surface area (Å²) >= 11 is 0. The van der Waals surface area contributed by atoms with E-state index in [1.165, 1.54) is 26.2 Å². The molecule has 21 heavy (non-hydrogen) atoms. The molecule has 0 fully saturated rings. The number of carboxylic acids is 1. The number of amides is 1. The summed E-state index contributed by atoms with van der Waals surface area (Å²) in [5, 5.41) is 11.6. The summed E-state index contributed by atoms with van der Waals surface area (Å²) in [5.41, 5.74) is -0.802. The summed E-state index contributed by atoms with van der Waals surface area (Å²) in [4.78, 5) is 23.3. The fourth-order valence-corrected chi connectivity index (χ4v) is 1.95. The van der Waals surface area contributed by atoms with Crippen LogP contribution in [0.1, 0.15) is 19.4 Å². The molecule has 0 spiro atoms. The van der Waals surface area contributed by atoms with Crippen molar-refractivity contribution in [3.8, 4) is 0 Å². The van der Waals surface area contributed by atoms with Crippen LogP contribution in [0.25, 0.3) is 0 Å². The molecule has 0 radical (unpaired) electrons. The van der Waals surface area contributed by atoms with Crippen molar-refractivity contribution in [1.29, 1.82) is 0 Å². The molecule has 5 nitrogen and oxygen atoms in total. The lowest BCUT2D eigenvalue weighted by Gasteiger charge is -2.27. The lowest BCUT2D eigenvalue weighted by molar-refractivity contribution is -0.149. The van der Waals surface area contributed by atoms with Crippen molar-refractivity contribution in [2.24, 2.45) is 5.92 Å². The molecule has 0 saturated carbocycles. The van der Waals surface area contributed by atoms with Gasteiger partial charge >= 0.3 is 5.97 Å². The van der Waals surface area contributed by atoms with Crippen LogP contribution in [0.2, 0.25) is 0 Å². The zero-order valence-corrected chi connectivity index (χ0v) is 12.4. The minimum absolute atomic E-state index is 0.138. The maximum absolute atomic E-state index is 13.1. The molecule has 1 rings (SSSR count). The fourth-order valence-electron chi connectivity index (χ4n) is 1.95. The van der Waals surface area contributed by atoms with Gasteiger partial charge in [0.15, 0.2) is 5.54 Å². The van der Waals surface area contributed by atoms with E-state index >= 15 is 0 Å². The van der Waals surface area contributed by atoms with Gasteiger partial charge in [0.1, 0.15) is 5.82 Å². The maximum Gasteiger partial charge on any atom is 0.331 e. The van der Waals surface area contributed by atoms with Gasteiger partial charge < -0.3 is 15.2 Å². The van der Waals surface area contributed by atoms with Gasteiger partial charge in [-0.05, 0) is 31.0 Å². The highest BCUT2D eigenvalue weighted by Gasteiger charge is 2.36. The minimum Gasteiger partial charge on any atom is -0.479 e. The highest BCUT2D eigenvalue weighted by Crippen LogP contribution is 2.13. The number of hydrogen-bond acceptors (Lipinski definition) is 3. The number of carboxylic acid groups (broad SMARTS) is 1. The van der Waals surface area contributed by atoms with Gasteiger partial charge in [-0.2, -0.15) is 0 Å². The van der Waals surface area contributed by atoms with Crippen molar-refractivity contribution < 1.29 is 23.8 Å². The average molecular weight is 297 g/mol. The molecule has 2 atom stereocenters. The third-order valence-corrected chi connectivity index (χ3v) is 3.18. The molecular formula is C15H20FNO4. The van der Waals surface area contributed by atoms with E-state index in [9.17, 15) is 19.1 Å². The Morgan fingerprint density at radius 2 is 2.14 bits per heavy atom. The lowest BCUT2D eigenvalue weighted by atomic mass is 9.97. The largest absolute Gasteiger partial charge is 0.479 e. The summed E-state index contributed by atoms with van der Waals surface area (Å²) in [6.45, 7) is 2.90. The number of benzene rings is 1. The number of ether oxygens (including phenoxy) is 1. The first-order valence-corrected chi connectivity index (χ1v) is 6.57. The van der Waals surface area contributed by atoms with Gasteiger partial charge in [0.2, 0.25) is 5.91 Å². The Bertz CT molecular complexity index is 520. The normalized spacial score (nSPS) is 15.0. The minimum atomic E-state index is -1.48. The molecule has 116 valence electrons. The van der Waals surface area contributed by atoms with Crippen molar-refractivity contribution in [2.75, 3.05) is 13.7 Å². The number of halogens is 1. The molecule has 0 heterocycles. The zero-order valence-electron chi connectivity index (χ0n) is 12.4. The number of carbonyl (C=O) groups excluding carboxylic acids is 1. The van der Waals surface area contributed by atoms with E-state index in [4.69, 9.17) is 4.74 Å². The Kier molecular flexibility index (Phi) is 5.84. The van der Waals surface area contributed by atoms with Crippen LogP contribution in [0.5, 0.6) is 0 Å². The Balaban J connectivity index is 2.72. The van der Waals surface area contributed by atoms with Crippen molar-refractivity contribution in [3.05, 3.63) is 35.6 Å². The van der Waals surface area contributed by atoms with Gasteiger partial charge in [0.05, 0.1) is 6.61 Å². The second-order valence-electron chi connectivity index (χ2n) is 5.29. The van der Waals surface area contributed by atoms with Crippen molar-refractivity contribution in [2.45, 2.75) is 25.8 Å². The molecule has 0 saturated heterocycles. The van der Waals surface area contributed by atoms with Gasteiger partial charge in [-0.3, -0.25) is 4.79 Å². The summed E-state index contributed by atoms with van der Waals surface area (Å²) < 4.78 is 17.9. The molecule has 0 aliphatic heterocycles. The van der Waals surface area contributed by atoms with Crippen LogP contribution in [0.15, 0.2) is 24.3 Å². The first kappa shape index (κ1) is 17.1. The predicted octanol–water partition coefficient (Wildman–Crippen LogP) is 1.61. The molecule has 1 aromatic carbocycles. The highest BCUT2D eigenvalue weighted by atomic mass is 19.1. The van der Waals surface area contributed by atoms with Crippen LogP contribution >= 0.6 is 0 Å². The van der Waals surface area contributed by atoms with Crippen LogP contribution in [0.3, 0.4) is 0 Å². The van der Waals surface area contributed by atoms with E-state index in [0.717, 1.165) is 0 Å². The standard InChI is InChI=1S/C15H20FNO4/c1-10(7-11-5-4-6-12(16)8-11)13(18)17-15(2,9-21-3)14(19)20/h4-6,8,10H,7,9H2,1-3H3,(H,17,18)(H,19,20). The van der Waals surface area contributed by atoms with E-state index in [-0.39, 0.29) is 12.4 Å². The van der Waals surface area contributed by atoms with Gasteiger partial charge in [-0.25, -0.2) is 9.18 Å². The summed E-state index contributed by atoms with van der Waals surface area (Å²) in [6.07, 6.45) is 0.326. The molecule has 0 aliphatic carbocycles. The van der Waals surface area contributed by atoms with Gasteiger partial charge in [0, 0.05) is 13.0 Å². The van der Waals surface area contributed by atoms with E-state index < -0.39 is 23.3 Å². The number of rotatable bonds is 7. The Morgan fingerprint density at radius 3 is 2.67 bits per heavy atom. The molecule has 6 heteroatoms. The number of hydrogen-bond donors (Lipinski definition) is 2. The van der Waals surface area contributed by atoms with Gasteiger partial charge in [-0.1, -0.05) is 19.1 Å². The van der Waals surface area contributed by atoms with Crippen LogP contribution in [0.4, 0.5) is 4.39 Å². The van der Waals surface area contributed by atoms with E-state index in [0.29, 0.717) is 12.0 Å². The summed E-state index contributed by atoms with van der Waals surface area (Å²) in [7, 11) is 1.36. The van der Waals surface area contributed by atoms with Gasteiger partial charge in [0.25, 0.3) is 0 Å². The van der Waals surface area contributed by atoms with Crippen molar-refractivity contribution in [1.82, 2.24) is 5.32 Å². The number of carbonyl (C=O) groups is 2. The third kappa shape index (κ3) is 4.82. The van der Waals surface area contributed by atoms with E-state index in [1.54, 1.807) is 19.1 Å². The first-order valence-electron chi connectivity index (χ1n) is 6.57. The van der Waals surface area contributed by atoms with E-state index in [2.05, 4.69) is 5.32 Å². The topological polar surface area (TPSA) is 75.6 Å². The Labute approximate surface area is 123 Å². The smallest absolute Gasteiger partial charge is 0.331 e. The van der Waals surface area contributed by atoms with Gasteiger partial charge in [-0.15, -0.1) is 0 Å². The third-order valence-electron chi connectivity index (χ3n) is 3.18. The fraction of sp³-hybridized carbons (Fsp3) is 0.467. The van der Waals surface area contributed by atoms with E-state index in [1.807, 2.05) is 0 Å². The second kappa shape index (κ2) is 7.17. The maximum atomic E-state index is 13.1. The molecule has 2 unspecified atom stereocenters. The van der Waals surface area contributed by atoms with Crippen LogP contribution in [0, 0.1) is 11.7 Å². The monoisotopic (exact) mass is 297 g/mol. The zero-order chi connectivity index (χ0) is 16.0.